The first-order chi connectivity index (χ1) is 10.1. The number of nitrogens with zero attached hydrogens (tertiary/aromatic N) is 5. The van der Waals surface area contributed by atoms with E-state index in [2.05, 4.69) is 26.7 Å². The van der Waals surface area contributed by atoms with E-state index >= 15 is 0 Å². The summed E-state index contributed by atoms with van der Waals surface area (Å²) in [5, 5.41) is 17.3. The largest absolute Gasteiger partial charge is 0.465 e. The second-order valence-corrected chi connectivity index (χ2v) is 4.35. The molecular formula is C14H15N5O2. The zero-order valence-electron chi connectivity index (χ0n) is 11.5. The molecule has 0 aliphatic carbocycles. The van der Waals surface area contributed by atoms with Gasteiger partial charge in [-0.1, -0.05) is 6.58 Å². The van der Waals surface area contributed by atoms with Crippen molar-refractivity contribution in [3.8, 4) is 0 Å². The van der Waals surface area contributed by atoms with Crippen molar-refractivity contribution in [2.24, 2.45) is 0 Å². The van der Waals surface area contributed by atoms with E-state index in [1.807, 2.05) is 0 Å². The molecule has 1 amide bonds. The van der Waals surface area contributed by atoms with Gasteiger partial charge in [-0.3, -0.25) is 4.90 Å². The highest BCUT2D eigenvalue weighted by atomic mass is 16.4. The molecule has 108 valence electrons. The molecule has 7 nitrogen and oxygen atoms in total. The van der Waals surface area contributed by atoms with Gasteiger partial charge in [0.2, 0.25) is 0 Å². The van der Waals surface area contributed by atoms with Gasteiger partial charge >= 0.3 is 6.09 Å². The van der Waals surface area contributed by atoms with Gasteiger partial charge in [0.15, 0.2) is 5.82 Å². The molecule has 2 heterocycles. The van der Waals surface area contributed by atoms with Gasteiger partial charge in [0.1, 0.15) is 0 Å². The van der Waals surface area contributed by atoms with E-state index in [0.717, 1.165) is 0 Å². The molecule has 21 heavy (non-hydrogen) atoms. The number of amides is 1. The van der Waals surface area contributed by atoms with Crippen LogP contribution < -0.4 is 0 Å². The fourth-order valence-electron chi connectivity index (χ4n) is 1.77. The number of hydrogen-bond acceptors (Lipinski definition) is 5. The quantitative estimate of drug-likeness (QED) is 0.904. The smallest absolute Gasteiger partial charge is 0.408 e. The van der Waals surface area contributed by atoms with Crippen molar-refractivity contribution in [1.29, 1.82) is 0 Å². The van der Waals surface area contributed by atoms with Gasteiger partial charge in [-0.2, -0.15) is 10.2 Å². The van der Waals surface area contributed by atoms with Gasteiger partial charge in [-0.25, -0.2) is 14.8 Å². The third-order valence-corrected chi connectivity index (χ3v) is 2.95. The molecule has 0 aromatic carbocycles. The Morgan fingerprint density at radius 2 is 2.10 bits per heavy atom. The van der Waals surface area contributed by atoms with Gasteiger partial charge < -0.3 is 5.11 Å². The Balaban J connectivity index is 2.19. The van der Waals surface area contributed by atoms with Crippen LogP contribution in [-0.4, -0.2) is 36.3 Å². The van der Waals surface area contributed by atoms with E-state index in [4.69, 9.17) is 0 Å². The highest BCUT2D eigenvalue weighted by molar-refractivity contribution is 5.65. The molecule has 1 atom stereocenters. The number of carbonyl (C=O) groups is 1. The second-order valence-electron chi connectivity index (χ2n) is 4.35. The predicted molar refractivity (Wildman–Crippen MR) is 76.1 cm³/mol. The number of rotatable bonds is 5. The molecule has 2 rings (SSSR count). The van der Waals surface area contributed by atoms with Crippen molar-refractivity contribution >= 4 is 12.2 Å². The zero-order chi connectivity index (χ0) is 15.2. The highest BCUT2D eigenvalue weighted by Crippen LogP contribution is 2.18. The Labute approximate surface area is 122 Å². The van der Waals surface area contributed by atoms with Crippen LogP contribution in [0.15, 0.2) is 37.2 Å². The molecule has 0 saturated heterocycles. The van der Waals surface area contributed by atoms with Crippen molar-refractivity contribution < 1.29 is 9.90 Å². The summed E-state index contributed by atoms with van der Waals surface area (Å²) in [4.78, 5) is 20.8. The SMILES string of the molecule is C=Cc1ccc(CN(C(=O)O)C(C)c2ncccn2)nn1. The van der Waals surface area contributed by atoms with Crippen molar-refractivity contribution in [3.63, 3.8) is 0 Å². The summed E-state index contributed by atoms with van der Waals surface area (Å²) >= 11 is 0. The summed E-state index contributed by atoms with van der Waals surface area (Å²) in [7, 11) is 0. The van der Waals surface area contributed by atoms with E-state index in [0.29, 0.717) is 17.2 Å². The lowest BCUT2D eigenvalue weighted by molar-refractivity contribution is 0.121. The van der Waals surface area contributed by atoms with Crippen LogP contribution in [-0.2, 0) is 6.54 Å². The van der Waals surface area contributed by atoms with Gasteiger partial charge in [0.25, 0.3) is 0 Å². The highest BCUT2D eigenvalue weighted by Gasteiger charge is 2.23. The number of carboxylic acid groups (broad SMARTS) is 1. The van der Waals surface area contributed by atoms with Gasteiger partial charge in [0.05, 0.1) is 24.0 Å². The Bertz CT molecular complexity index is 615. The fourth-order valence-corrected chi connectivity index (χ4v) is 1.77. The standard InChI is InChI=1S/C14H15N5O2/c1-3-11-5-6-12(18-17-11)9-19(14(20)21)10(2)13-15-7-4-8-16-13/h3-8,10H,1,9H2,2H3,(H,20,21). The summed E-state index contributed by atoms with van der Waals surface area (Å²) < 4.78 is 0. The maximum atomic E-state index is 11.4. The van der Waals surface area contributed by atoms with Crippen molar-refractivity contribution in [2.75, 3.05) is 0 Å². The lowest BCUT2D eigenvalue weighted by Crippen LogP contribution is -2.33. The lowest BCUT2D eigenvalue weighted by Gasteiger charge is -2.24. The molecule has 0 aliphatic rings. The molecule has 2 aromatic rings. The third kappa shape index (κ3) is 3.59. The normalized spacial score (nSPS) is 11.7. The Morgan fingerprint density at radius 3 is 2.62 bits per heavy atom. The maximum absolute atomic E-state index is 11.4. The topological polar surface area (TPSA) is 92.1 Å². The molecule has 1 unspecified atom stereocenters. The van der Waals surface area contributed by atoms with Crippen LogP contribution in [0.5, 0.6) is 0 Å². The minimum atomic E-state index is -1.07. The molecule has 0 spiro atoms. The van der Waals surface area contributed by atoms with E-state index in [-0.39, 0.29) is 6.54 Å². The van der Waals surface area contributed by atoms with E-state index in [1.54, 1.807) is 43.6 Å². The molecule has 1 N–H and O–H groups in total. The lowest BCUT2D eigenvalue weighted by atomic mass is 10.2. The molecule has 0 fully saturated rings. The average Bonchev–Trinajstić information content (AvgIpc) is 2.53. The minimum Gasteiger partial charge on any atom is -0.465 e. The number of aromatic nitrogens is 4. The van der Waals surface area contributed by atoms with Crippen molar-refractivity contribution in [3.05, 3.63) is 54.4 Å². The van der Waals surface area contributed by atoms with Crippen LogP contribution in [0.2, 0.25) is 0 Å². The van der Waals surface area contributed by atoms with Crippen molar-refractivity contribution in [1.82, 2.24) is 25.1 Å². The predicted octanol–water partition coefficient (Wildman–Crippen LogP) is 2.15. The van der Waals surface area contributed by atoms with Crippen LogP contribution in [0, 0.1) is 0 Å². The molecule has 2 aromatic heterocycles. The summed E-state index contributed by atoms with van der Waals surface area (Å²) in [6.45, 7) is 5.44. The Kier molecular flexibility index (Phi) is 4.55. The molecule has 0 radical (unpaired) electrons. The molecule has 0 aliphatic heterocycles. The molecule has 7 heteroatoms. The summed E-state index contributed by atoms with van der Waals surface area (Å²) in [6, 6.07) is 4.66. The summed E-state index contributed by atoms with van der Waals surface area (Å²) in [5.74, 6) is 0.440. The van der Waals surface area contributed by atoms with Crippen LogP contribution in [0.1, 0.15) is 30.2 Å². The van der Waals surface area contributed by atoms with Crippen LogP contribution in [0.3, 0.4) is 0 Å². The van der Waals surface area contributed by atoms with Gasteiger partial charge in [0, 0.05) is 12.4 Å². The molecule has 0 bridgehead atoms. The van der Waals surface area contributed by atoms with Crippen LogP contribution >= 0.6 is 0 Å². The van der Waals surface area contributed by atoms with Crippen LogP contribution in [0.4, 0.5) is 4.79 Å². The van der Waals surface area contributed by atoms with E-state index in [9.17, 15) is 9.90 Å². The first-order valence-corrected chi connectivity index (χ1v) is 6.33. The zero-order valence-corrected chi connectivity index (χ0v) is 11.5. The summed E-state index contributed by atoms with van der Waals surface area (Å²) in [6.07, 6.45) is 3.67. The van der Waals surface area contributed by atoms with Crippen LogP contribution in [0.25, 0.3) is 6.08 Å². The second kappa shape index (κ2) is 6.56. The Hall–Kier alpha value is -2.83. The minimum absolute atomic E-state index is 0.110. The number of hydrogen-bond donors (Lipinski definition) is 1. The first kappa shape index (κ1) is 14.6. The molecular weight excluding hydrogens is 270 g/mol. The maximum Gasteiger partial charge on any atom is 0.408 e. The van der Waals surface area contributed by atoms with Gasteiger partial charge in [-0.05, 0) is 31.2 Å². The molecule has 0 saturated carbocycles. The average molecular weight is 285 g/mol. The Morgan fingerprint density at radius 1 is 1.38 bits per heavy atom. The first-order valence-electron chi connectivity index (χ1n) is 6.33. The summed E-state index contributed by atoms with van der Waals surface area (Å²) in [5.41, 5.74) is 1.19. The van der Waals surface area contributed by atoms with Gasteiger partial charge in [-0.15, -0.1) is 0 Å². The van der Waals surface area contributed by atoms with E-state index in [1.165, 1.54) is 4.90 Å². The monoisotopic (exact) mass is 285 g/mol. The van der Waals surface area contributed by atoms with Crippen molar-refractivity contribution in [2.45, 2.75) is 19.5 Å². The van der Waals surface area contributed by atoms with E-state index < -0.39 is 12.1 Å². The third-order valence-electron chi connectivity index (χ3n) is 2.95. The fraction of sp³-hybridized carbons (Fsp3) is 0.214.